The van der Waals surface area contributed by atoms with Gasteiger partial charge in [-0.25, -0.2) is 9.59 Å². The van der Waals surface area contributed by atoms with Gasteiger partial charge in [0.2, 0.25) is 0 Å². The van der Waals surface area contributed by atoms with Crippen LogP contribution in [0.4, 0.5) is 4.79 Å². The Kier molecular flexibility index (Phi) is 7.49. The maximum absolute atomic E-state index is 12.1. The Balaban J connectivity index is 2.20. The number of amides is 1. The summed E-state index contributed by atoms with van der Waals surface area (Å²) in [5.74, 6) is 0.753. The number of rotatable bonds is 9. The molecule has 7 heteroatoms. The van der Waals surface area contributed by atoms with Gasteiger partial charge in [0.25, 0.3) is 0 Å². The van der Waals surface area contributed by atoms with E-state index in [0.29, 0.717) is 24.7 Å². The molecule has 0 unspecified atom stereocenters. The van der Waals surface area contributed by atoms with E-state index in [1.807, 2.05) is 38.1 Å². The molecular weight excluding hydrogens is 350 g/mol. The van der Waals surface area contributed by atoms with Crippen molar-refractivity contribution in [1.29, 1.82) is 0 Å². The van der Waals surface area contributed by atoms with Crippen LogP contribution in [0.3, 0.4) is 0 Å². The predicted octanol–water partition coefficient (Wildman–Crippen LogP) is 3.45. The van der Waals surface area contributed by atoms with Crippen molar-refractivity contribution < 1.29 is 28.5 Å². The maximum Gasteiger partial charge on any atom is 0.412 e. The molecule has 0 aliphatic carbocycles. The van der Waals surface area contributed by atoms with Crippen LogP contribution in [0.1, 0.15) is 13.8 Å². The van der Waals surface area contributed by atoms with Crippen molar-refractivity contribution in [2.24, 2.45) is 0 Å². The van der Waals surface area contributed by atoms with Gasteiger partial charge < -0.3 is 24.3 Å². The summed E-state index contributed by atoms with van der Waals surface area (Å²) in [6, 6.07) is 9.20. The standard InChI is InChI=1S/C20H23NO6/c1-4-18(22)26-12-11-21-20(23)27-17-13-16(24-5-2)14-9-7-8-10-15(14)19(17)25-6-3/h4,7-10,13H,1,5-6,11-12H2,2-3H3,(H,21,23). The van der Waals surface area contributed by atoms with Gasteiger partial charge in [-0.15, -0.1) is 0 Å². The second-order valence-corrected chi connectivity index (χ2v) is 5.30. The minimum absolute atomic E-state index is 0.0141. The first kappa shape index (κ1) is 20.1. The number of benzene rings is 2. The van der Waals surface area contributed by atoms with Crippen molar-refractivity contribution in [1.82, 2.24) is 5.32 Å². The lowest BCUT2D eigenvalue weighted by atomic mass is 10.1. The predicted molar refractivity (Wildman–Crippen MR) is 101 cm³/mol. The molecule has 0 atom stereocenters. The van der Waals surface area contributed by atoms with Gasteiger partial charge in [-0.2, -0.15) is 0 Å². The molecule has 1 N–H and O–H groups in total. The van der Waals surface area contributed by atoms with Crippen molar-refractivity contribution in [3.8, 4) is 17.2 Å². The molecule has 0 radical (unpaired) electrons. The van der Waals surface area contributed by atoms with Gasteiger partial charge in [0, 0.05) is 22.9 Å². The zero-order valence-electron chi connectivity index (χ0n) is 15.4. The third-order valence-corrected chi connectivity index (χ3v) is 3.50. The first-order valence-electron chi connectivity index (χ1n) is 8.66. The zero-order chi connectivity index (χ0) is 19.6. The molecule has 0 aliphatic heterocycles. The minimum atomic E-state index is -0.691. The van der Waals surface area contributed by atoms with Crippen LogP contribution in [-0.4, -0.2) is 38.4 Å². The Bertz CT molecular complexity index is 817. The Labute approximate surface area is 157 Å². The molecule has 0 spiro atoms. The number of carbonyl (C=O) groups excluding carboxylic acids is 2. The van der Waals surface area contributed by atoms with E-state index in [0.717, 1.165) is 16.8 Å². The number of carbonyl (C=O) groups is 2. The van der Waals surface area contributed by atoms with E-state index in [1.54, 1.807) is 6.07 Å². The highest BCUT2D eigenvalue weighted by molar-refractivity contribution is 5.96. The second-order valence-electron chi connectivity index (χ2n) is 5.30. The highest BCUT2D eigenvalue weighted by atomic mass is 16.6. The average molecular weight is 373 g/mol. The summed E-state index contributed by atoms with van der Waals surface area (Å²) in [7, 11) is 0. The van der Waals surface area contributed by atoms with Crippen LogP contribution in [0.15, 0.2) is 43.0 Å². The number of hydrogen-bond acceptors (Lipinski definition) is 6. The molecule has 0 saturated carbocycles. The molecular formula is C20H23NO6. The summed E-state index contributed by atoms with van der Waals surface area (Å²) in [4.78, 5) is 23.1. The fourth-order valence-corrected chi connectivity index (χ4v) is 2.43. The van der Waals surface area contributed by atoms with Crippen LogP contribution in [-0.2, 0) is 9.53 Å². The molecule has 144 valence electrons. The van der Waals surface area contributed by atoms with E-state index in [2.05, 4.69) is 11.9 Å². The van der Waals surface area contributed by atoms with Crippen molar-refractivity contribution in [2.45, 2.75) is 13.8 Å². The fraction of sp³-hybridized carbons (Fsp3) is 0.300. The van der Waals surface area contributed by atoms with Crippen molar-refractivity contribution in [2.75, 3.05) is 26.4 Å². The number of nitrogens with one attached hydrogen (secondary N) is 1. The first-order valence-corrected chi connectivity index (χ1v) is 8.66. The van der Waals surface area contributed by atoms with E-state index in [4.69, 9.17) is 18.9 Å². The van der Waals surface area contributed by atoms with Gasteiger partial charge in [-0.1, -0.05) is 30.8 Å². The van der Waals surface area contributed by atoms with Gasteiger partial charge in [-0.05, 0) is 13.8 Å². The maximum atomic E-state index is 12.1. The highest BCUT2D eigenvalue weighted by Gasteiger charge is 2.17. The van der Waals surface area contributed by atoms with E-state index in [1.165, 1.54) is 0 Å². The average Bonchev–Trinajstić information content (AvgIpc) is 2.68. The van der Waals surface area contributed by atoms with Gasteiger partial charge in [0.15, 0.2) is 11.5 Å². The van der Waals surface area contributed by atoms with Crippen molar-refractivity contribution >= 4 is 22.8 Å². The fourth-order valence-electron chi connectivity index (χ4n) is 2.43. The minimum Gasteiger partial charge on any atom is -0.493 e. The lowest BCUT2D eigenvalue weighted by molar-refractivity contribution is -0.137. The smallest absolute Gasteiger partial charge is 0.412 e. The molecule has 2 aromatic rings. The third kappa shape index (κ3) is 5.37. The van der Waals surface area contributed by atoms with E-state index in [-0.39, 0.29) is 18.9 Å². The SMILES string of the molecule is C=CC(=O)OCCNC(=O)Oc1cc(OCC)c2ccccc2c1OCC. The molecule has 0 bridgehead atoms. The number of esters is 1. The Morgan fingerprint density at radius 3 is 2.44 bits per heavy atom. The van der Waals surface area contributed by atoms with Crippen molar-refractivity contribution in [3.63, 3.8) is 0 Å². The van der Waals surface area contributed by atoms with Crippen LogP contribution < -0.4 is 19.5 Å². The second kappa shape index (κ2) is 10.1. The molecule has 27 heavy (non-hydrogen) atoms. The molecule has 0 heterocycles. The summed E-state index contributed by atoms with van der Waals surface area (Å²) < 4.78 is 21.6. The quantitative estimate of drug-likeness (QED) is 0.412. The van der Waals surface area contributed by atoms with Gasteiger partial charge in [-0.3, -0.25) is 0 Å². The largest absolute Gasteiger partial charge is 0.493 e. The number of ether oxygens (including phenoxy) is 4. The van der Waals surface area contributed by atoms with Crippen LogP contribution in [0.25, 0.3) is 10.8 Å². The Morgan fingerprint density at radius 1 is 1.07 bits per heavy atom. The molecule has 0 saturated heterocycles. The molecule has 1 amide bonds. The molecule has 0 aliphatic rings. The number of fused-ring (bicyclic) bond motifs is 1. The molecule has 2 aromatic carbocycles. The Hall–Kier alpha value is -3.22. The zero-order valence-corrected chi connectivity index (χ0v) is 15.4. The third-order valence-electron chi connectivity index (χ3n) is 3.50. The van der Waals surface area contributed by atoms with E-state index in [9.17, 15) is 9.59 Å². The summed E-state index contributed by atoms with van der Waals surface area (Å²) in [5.41, 5.74) is 0. The van der Waals surface area contributed by atoms with Crippen LogP contribution in [0, 0.1) is 0 Å². The van der Waals surface area contributed by atoms with Crippen LogP contribution in [0.2, 0.25) is 0 Å². The summed E-state index contributed by atoms with van der Waals surface area (Å²) in [6.07, 6.45) is 0.361. The molecule has 7 nitrogen and oxygen atoms in total. The normalized spacial score (nSPS) is 10.1. The van der Waals surface area contributed by atoms with Gasteiger partial charge >= 0.3 is 12.1 Å². The summed E-state index contributed by atoms with van der Waals surface area (Å²) >= 11 is 0. The van der Waals surface area contributed by atoms with Crippen LogP contribution >= 0.6 is 0 Å². The first-order chi connectivity index (χ1) is 13.1. The molecule has 2 rings (SSSR count). The monoisotopic (exact) mass is 373 g/mol. The molecule has 0 fully saturated rings. The number of hydrogen-bond donors (Lipinski definition) is 1. The van der Waals surface area contributed by atoms with Gasteiger partial charge in [0.05, 0.1) is 19.8 Å². The van der Waals surface area contributed by atoms with Crippen molar-refractivity contribution in [3.05, 3.63) is 43.0 Å². The Morgan fingerprint density at radius 2 is 1.78 bits per heavy atom. The van der Waals surface area contributed by atoms with Crippen LogP contribution in [0.5, 0.6) is 17.2 Å². The van der Waals surface area contributed by atoms with E-state index >= 15 is 0 Å². The lowest BCUT2D eigenvalue weighted by Crippen LogP contribution is -2.30. The summed E-state index contributed by atoms with van der Waals surface area (Å²) in [6.45, 7) is 8.02. The highest BCUT2D eigenvalue weighted by Crippen LogP contribution is 2.41. The summed E-state index contributed by atoms with van der Waals surface area (Å²) in [5, 5.41) is 4.16. The lowest BCUT2D eigenvalue weighted by Gasteiger charge is -2.16. The topological polar surface area (TPSA) is 83.1 Å². The van der Waals surface area contributed by atoms with E-state index < -0.39 is 12.1 Å². The van der Waals surface area contributed by atoms with Gasteiger partial charge in [0.1, 0.15) is 12.4 Å². The molecule has 0 aromatic heterocycles.